The van der Waals surface area contributed by atoms with E-state index in [2.05, 4.69) is 32.5 Å². The highest BCUT2D eigenvalue weighted by molar-refractivity contribution is 7.98. The lowest BCUT2D eigenvalue weighted by Gasteiger charge is -1.96. The summed E-state index contributed by atoms with van der Waals surface area (Å²) in [5, 5.41) is 3.94. The van der Waals surface area contributed by atoms with Crippen LogP contribution in [0.15, 0.2) is 59.3 Å². The summed E-state index contributed by atoms with van der Waals surface area (Å²) in [7, 11) is 0. The predicted molar refractivity (Wildman–Crippen MR) is 79.1 cm³/mol. The minimum Gasteiger partial charge on any atom is -0.240 e. The van der Waals surface area contributed by atoms with Crippen LogP contribution in [0.2, 0.25) is 0 Å². The molecule has 0 amide bonds. The number of benzene rings is 1. The standard InChI is InChI=1S/C14H11N3S2/c1-2-5-11(6-3-1)13-17-12(9-18-13)10-19-14-15-7-4-8-16-14/h1-9H,10H2. The molecule has 0 aliphatic rings. The van der Waals surface area contributed by atoms with E-state index in [4.69, 9.17) is 0 Å². The molecule has 0 unspecified atom stereocenters. The van der Waals surface area contributed by atoms with Crippen molar-refractivity contribution in [3.63, 3.8) is 0 Å². The lowest BCUT2D eigenvalue weighted by molar-refractivity contribution is 0.965. The van der Waals surface area contributed by atoms with E-state index in [0.717, 1.165) is 21.6 Å². The molecule has 0 fully saturated rings. The number of thioether (sulfide) groups is 1. The van der Waals surface area contributed by atoms with Crippen LogP contribution in [0.1, 0.15) is 5.69 Å². The first-order valence-electron chi connectivity index (χ1n) is 5.81. The second-order valence-electron chi connectivity index (χ2n) is 3.83. The van der Waals surface area contributed by atoms with Crippen molar-refractivity contribution in [2.75, 3.05) is 0 Å². The summed E-state index contributed by atoms with van der Waals surface area (Å²) in [5.41, 5.74) is 2.24. The van der Waals surface area contributed by atoms with Crippen molar-refractivity contribution >= 4 is 23.1 Å². The van der Waals surface area contributed by atoms with Gasteiger partial charge in [-0.2, -0.15) is 0 Å². The average molecular weight is 285 g/mol. The minimum absolute atomic E-state index is 0.789. The van der Waals surface area contributed by atoms with Crippen LogP contribution < -0.4 is 0 Å². The van der Waals surface area contributed by atoms with Gasteiger partial charge in [0.1, 0.15) is 5.01 Å². The van der Waals surface area contributed by atoms with Gasteiger partial charge in [-0.25, -0.2) is 15.0 Å². The Balaban J connectivity index is 1.69. The van der Waals surface area contributed by atoms with Gasteiger partial charge >= 0.3 is 0 Å². The number of hydrogen-bond donors (Lipinski definition) is 0. The molecule has 0 N–H and O–H groups in total. The number of thiazole rings is 1. The zero-order valence-electron chi connectivity index (χ0n) is 10.1. The molecule has 19 heavy (non-hydrogen) atoms. The van der Waals surface area contributed by atoms with E-state index in [1.165, 1.54) is 5.56 Å². The van der Waals surface area contributed by atoms with Crippen LogP contribution in [-0.2, 0) is 5.75 Å². The molecule has 0 bridgehead atoms. The number of hydrogen-bond acceptors (Lipinski definition) is 5. The molecule has 0 saturated carbocycles. The van der Waals surface area contributed by atoms with Crippen molar-refractivity contribution in [2.24, 2.45) is 0 Å². The third kappa shape index (κ3) is 3.19. The first-order valence-corrected chi connectivity index (χ1v) is 7.68. The average Bonchev–Trinajstić information content (AvgIpc) is 2.96. The van der Waals surface area contributed by atoms with Gasteiger partial charge in [0.15, 0.2) is 5.16 Å². The summed E-state index contributed by atoms with van der Waals surface area (Å²) in [5.74, 6) is 0.799. The normalized spacial score (nSPS) is 10.5. The topological polar surface area (TPSA) is 38.7 Å². The summed E-state index contributed by atoms with van der Waals surface area (Å²) in [6.45, 7) is 0. The number of nitrogens with zero attached hydrogens (tertiary/aromatic N) is 3. The van der Waals surface area contributed by atoms with E-state index in [1.54, 1.807) is 35.5 Å². The summed E-state index contributed by atoms with van der Waals surface area (Å²) in [6, 6.07) is 12.1. The van der Waals surface area contributed by atoms with Gasteiger partial charge in [-0.05, 0) is 6.07 Å². The van der Waals surface area contributed by atoms with E-state index < -0.39 is 0 Å². The molecule has 3 rings (SSSR count). The Labute approximate surface area is 119 Å². The van der Waals surface area contributed by atoms with E-state index >= 15 is 0 Å². The fourth-order valence-electron chi connectivity index (χ4n) is 1.59. The van der Waals surface area contributed by atoms with Crippen molar-refractivity contribution in [2.45, 2.75) is 10.9 Å². The Bertz CT molecular complexity index is 638. The molecule has 0 atom stereocenters. The monoisotopic (exact) mass is 285 g/mol. The van der Waals surface area contributed by atoms with Gasteiger partial charge in [0, 0.05) is 29.1 Å². The summed E-state index contributed by atoms with van der Waals surface area (Å²) in [6.07, 6.45) is 3.51. The van der Waals surface area contributed by atoms with Crippen molar-refractivity contribution in [3.8, 4) is 10.6 Å². The molecule has 0 aliphatic heterocycles. The fraction of sp³-hybridized carbons (Fsp3) is 0.0714. The van der Waals surface area contributed by atoms with Crippen LogP contribution in [0.3, 0.4) is 0 Å². The molecule has 0 aliphatic carbocycles. The van der Waals surface area contributed by atoms with Crippen LogP contribution >= 0.6 is 23.1 Å². The van der Waals surface area contributed by atoms with Gasteiger partial charge in [0.05, 0.1) is 5.69 Å². The Morgan fingerprint density at radius 2 is 1.79 bits per heavy atom. The van der Waals surface area contributed by atoms with Crippen molar-refractivity contribution in [1.82, 2.24) is 15.0 Å². The predicted octanol–water partition coefficient (Wildman–Crippen LogP) is 3.89. The van der Waals surface area contributed by atoms with Gasteiger partial charge in [0.2, 0.25) is 0 Å². The van der Waals surface area contributed by atoms with Crippen molar-refractivity contribution in [1.29, 1.82) is 0 Å². The van der Waals surface area contributed by atoms with E-state index in [-0.39, 0.29) is 0 Å². The molecular formula is C14H11N3S2. The van der Waals surface area contributed by atoms with Gasteiger partial charge in [-0.15, -0.1) is 11.3 Å². The highest BCUT2D eigenvalue weighted by Crippen LogP contribution is 2.26. The molecule has 5 heteroatoms. The Hall–Kier alpha value is -1.72. The van der Waals surface area contributed by atoms with E-state index in [9.17, 15) is 0 Å². The molecular weight excluding hydrogens is 274 g/mol. The highest BCUT2D eigenvalue weighted by atomic mass is 32.2. The van der Waals surface area contributed by atoms with Crippen molar-refractivity contribution < 1.29 is 0 Å². The van der Waals surface area contributed by atoms with Crippen LogP contribution in [0.4, 0.5) is 0 Å². The summed E-state index contributed by atoms with van der Waals surface area (Å²) >= 11 is 3.28. The second-order valence-corrected chi connectivity index (χ2v) is 5.63. The molecule has 1 aromatic carbocycles. The molecule has 2 aromatic heterocycles. The van der Waals surface area contributed by atoms with E-state index in [1.807, 2.05) is 24.3 Å². The first-order chi connectivity index (χ1) is 9.42. The van der Waals surface area contributed by atoms with Gasteiger partial charge in [-0.1, -0.05) is 42.1 Å². The molecule has 3 nitrogen and oxygen atoms in total. The maximum atomic E-state index is 4.64. The zero-order chi connectivity index (χ0) is 12.9. The highest BCUT2D eigenvalue weighted by Gasteiger charge is 2.05. The second kappa shape index (κ2) is 5.95. The summed E-state index contributed by atoms with van der Waals surface area (Å²) < 4.78 is 0. The van der Waals surface area contributed by atoms with Crippen LogP contribution in [-0.4, -0.2) is 15.0 Å². The lowest BCUT2D eigenvalue weighted by atomic mass is 10.2. The third-order valence-electron chi connectivity index (χ3n) is 2.46. The van der Waals surface area contributed by atoms with Crippen molar-refractivity contribution in [3.05, 3.63) is 59.9 Å². The molecule has 94 valence electrons. The largest absolute Gasteiger partial charge is 0.240 e. The molecule has 0 radical (unpaired) electrons. The first kappa shape index (κ1) is 12.3. The number of aromatic nitrogens is 3. The molecule has 0 saturated heterocycles. The zero-order valence-corrected chi connectivity index (χ0v) is 11.7. The van der Waals surface area contributed by atoms with Gasteiger partial charge in [0.25, 0.3) is 0 Å². The lowest BCUT2D eigenvalue weighted by Crippen LogP contribution is -1.86. The van der Waals surface area contributed by atoms with Crippen LogP contribution in [0.25, 0.3) is 10.6 Å². The minimum atomic E-state index is 0.789. The molecule has 0 spiro atoms. The quantitative estimate of drug-likeness (QED) is 0.538. The molecule has 3 aromatic rings. The third-order valence-corrected chi connectivity index (χ3v) is 4.31. The Morgan fingerprint density at radius 1 is 1.00 bits per heavy atom. The van der Waals surface area contributed by atoms with E-state index in [0.29, 0.717) is 0 Å². The number of rotatable bonds is 4. The maximum Gasteiger partial charge on any atom is 0.187 e. The smallest absolute Gasteiger partial charge is 0.187 e. The van der Waals surface area contributed by atoms with Crippen LogP contribution in [0, 0.1) is 0 Å². The SMILES string of the molecule is c1ccc(-c2nc(CSc3ncccn3)cs2)cc1. The van der Waals surface area contributed by atoms with Gasteiger partial charge < -0.3 is 0 Å². The maximum absolute atomic E-state index is 4.64. The van der Waals surface area contributed by atoms with Gasteiger partial charge in [-0.3, -0.25) is 0 Å². The van der Waals surface area contributed by atoms with Crippen LogP contribution in [0.5, 0.6) is 0 Å². The Kier molecular flexibility index (Phi) is 3.86. The molecule has 2 heterocycles. The fourth-order valence-corrected chi connectivity index (χ4v) is 3.21. The summed E-state index contributed by atoms with van der Waals surface area (Å²) in [4.78, 5) is 13.0. The Morgan fingerprint density at radius 3 is 2.58 bits per heavy atom.